The summed E-state index contributed by atoms with van der Waals surface area (Å²) in [5.74, 6) is 0.523. The highest BCUT2D eigenvalue weighted by Gasteiger charge is 2.34. The molecule has 0 spiro atoms. The first-order chi connectivity index (χ1) is 9.86. The third-order valence-electron chi connectivity index (χ3n) is 3.99. The zero-order valence-electron chi connectivity index (χ0n) is 12.2. The topological polar surface area (TPSA) is 33.2 Å². The first kappa shape index (κ1) is 15.8. The van der Waals surface area contributed by atoms with Gasteiger partial charge in [-0.25, -0.2) is 0 Å². The number of aromatic nitrogens is 1. The SMILES string of the molecule is CCC(C1CC1)N(C=O)Cc1ncc(C(F)(F)F)cc1C. The van der Waals surface area contributed by atoms with Crippen LogP contribution in [0.15, 0.2) is 12.3 Å². The zero-order chi connectivity index (χ0) is 15.6. The van der Waals surface area contributed by atoms with Crippen LogP contribution in [0.5, 0.6) is 0 Å². The number of aryl methyl sites for hydroxylation is 1. The lowest BCUT2D eigenvalue weighted by Gasteiger charge is -2.27. The molecule has 1 fully saturated rings. The third kappa shape index (κ3) is 3.74. The molecule has 0 radical (unpaired) electrons. The van der Waals surface area contributed by atoms with Gasteiger partial charge in [0, 0.05) is 12.2 Å². The predicted molar refractivity (Wildman–Crippen MR) is 72.4 cm³/mol. The van der Waals surface area contributed by atoms with E-state index in [2.05, 4.69) is 4.98 Å². The van der Waals surface area contributed by atoms with E-state index in [1.165, 1.54) is 0 Å². The first-order valence-corrected chi connectivity index (χ1v) is 7.10. The quantitative estimate of drug-likeness (QED) is 0.753. The number of carbonyl (C=O) groups is 1. The van der Waals surface area contributed by atoms with Crippen molar-refractivity contribution in [2.75, 3.05) is 0 Å². The summed E-state index contributed by atoms with van der Waals surface area (Å²) < 4.78 is 37.9. The van der Waals surface area contributed by atoms with Crippen molar-refractivity contribution in [1.82, 2.24) is 9.88 Å². The average molecular weight is 300 g/mol. The van der Waals surface area contributed by atoms with Gasteiger partial charge in [0.2, 0.25) is 6.41 Å². The fourth-order valence-corrected chi connectivity index (χ4v) is 2.65. The fourth-order valence-electron chi connectivity index (χ4n) is 2.65. The second-order valence-electron chi connectivity index (χ2n) is 5.58. The number of halogens is 3. The molecule has 21 heavy (non-hydrogen) atoms. The van der Waals surface area contributed by atoms with Crippen molar-refractivity contribution >= 4 is 6.41 Å². The summed E-state index contributed by atoms with van der Waals surface area (Å²) in [6, 6.07) is 1.25. The minimum absolute atomic E-state index is 0.158. The van der Waals surface area contributed by atoms with Crippen LogP contribution in [-0.2, 0) is 17.5 Å². The molecule has 1 amide bonds. The Morgan fingerprint density at radius 1 is 1.48 bits per heavy atom. The van der Waals surface area contributed by atoms with E-state index >= 15 is 0 Å². The fraction of sp³-hybridized carbons (Fsp3) is 0.600. The molecule has 6 heteroatoms. The van der Waals surface area contributed by atoms with Crippen LogP contribution in [0.25, 0.3) is 0 Å². The Labute approximate surface area is 122 Å². The van der Waals surface area contributed by atoms with E-state index < -0.39 is 11.7 Å². The molecule has 116 valence electrons. The van der Waals surface area contributed by atoms with Crippen molar-refractivity contribution in [1.29, 1.82) is 0 Å². The van der Waals surface area contributed by atoms with Crippen molar-refractivity contribution in [3.63, 3.8) is 0 Å². The Hall–Kier alpha value is -1.59. The number of rotatable bonds is 6. The van der Waals surface area contributed by atoms with E-state index in [4.69, 9.17) is 0 Å². The van der Waals surface area contributed by atoms with Crippen LogP contribution in [-0.4, -0.2) is 22.3 Å². The van der Waals surface area contributed by atoms with Gasteiger partial charge in [-0.15, -0.1) is 0 Å². The van der Waals surface area contributed by atoms with Crippen molar-refractivity contribution in [3.05, 3.63) is 29.1 Å². The van der Waals surface area contributed by atoms with E-state index in [1.807, 2.05) is 6.92 Å². The molecule has 0 bridgehead atoms. The highest BCUT2D eigenvalue weighted by Crippen LogP contribution is 2.37. The monoisotopic (exact) mass is 300 g/mol. The molecule has 0 saturated heterocycles. The Bertz CT molecular complexity index is 512. The number of pyridine rings is 1. The number of amides is 1. The summed E-state index contributed by atoms with van der Waals surface area (Å²) in [4.78, 5) is 16.9. The second kappa shape index (κ2) is 6.03. The van der Waals surface area contributed by atoms with Crippen molar-refractivity contribution < 1.29 is 18.0 Å². The summed E-state index contributed by atoms with van der Waals surface area (Å²) in [6.45, 7) is 3.88. The van der Waals surface area contributed by atoms with Gasteiger partial charge in [0.05, 0.1) is 17.8 Å². The van der Waals surface area contributed by atoms with Gasteiger partial charge in [-0.1, -0.05) is 6.92 Å². The number of carbonyl (C=O) groups excluding carboxylic acids is 1. The lowest BCUT2D eigenvalue weighted by Crippen LogP contribution is -2.35. The molecule has 1 aromatic rings. The Kier molecular flexibility index (Phi) is 4.54. The molecular weight excluding hydrogens is 281 g/mol. The average Bonchev–Trinajstić information content (AvgIpc) is 3.23. The second-order valence-corrected chi connectivity index (χ2v) is 5.58. The zero-order valence-corrected chi connectivity index (χ0v) is 12.2. The van der Waals surface area contributed by atoms with Gasteiger partial charge in [-0.3, -0.25) is 9.78 Å². The van der Waals surface area contributed by atoms with Crippen LogP contribution in [0, 0.1) is 12.8 Å². The minimum Gasteiger partial charge on any atom is -0.336 e. The van der Waals surface area contributed by atoms with Crippen molar-refractivity contribution in [2.24, 2.45) is 5.92 Å². The van der Waals surface area contributed by atoms with Crippen molar-refractivity contribution in [3.8, 4) is 0 Å². The van der Waals surface area contributed by atoms with Gasteiger partial charge in [-0.2, -0.15) is 13.2 Å². The van der Waals surface area contributed by atoms with Gasteiger partial charge in [0.25, 0.3) is 0 Å². The molecule has 1 aliphatic rings. The van der Waals surface area contributed by atoms with Crippen LogP contribution in [0.4, 0.5) is 13.2 Å². The number of hydrogen-bond acceptors (Lipinski definition) is 2. The molecule has 0 aliphatic heterocycles. The smallest absolute Gasteiger partial charge is 0.336 e. The maximum absolute atomic E-state index is 12.6. The van der Waals surface area contributed by atoms with Gasteiger partial charge in [0.1, 0.15) is 0 Å². The van der Waals surface area contributed by atoms with Gasteiger partial charge in [0.15, 0.2) is 0 Å². The number of nitrogens with zero attached hydrogens (tertiary/aromatic N) is 2. The number of hydrogen-bond donors (Lipinski definition) is 0. The van der Waals surface area contributed by atoms with E-state index in [-0.39, 0.29) is 12.6 Å². The van der Waals surface area contributed by atoms with E-state index in [1.54, 1.807) is 11.8 Å². The van der Waals surface area contributed by atoms with Gasteiger partial charge >= 0.3 is 6.18 Å². The molecule has 1 atom stereocenters. The summed E-state index contributed by atoms with van der Waals surface area (Å²) in [5, 5.41) is 0. The van der Waals surface area contributed by atoms with Gasteiger partial charge in [-0.05, 0) is 43.7 Å². The molecule has 1 heterocycles. The summed E-state index contributed by atoms with van der Waals surface area (Å²) in [7, 11) is 0. The Balaban J connectivity index is 2.16. The predicted octanol–water partition coefficient (Wildman–Crippen LogP) is 3.56. The molecule has 1 aliphatic carbocycles. The third-order valence-corrected chi connectivity index (χ3v) is 3.99. The molecule has 0 N–H and O–H groups in total. The summed E-state index contributed by atoms with van der Waals surface area (Å²) in [5.41, 5.74) is 0.229. The lowest BCUT2D eigenvalue weighted by molar-refractivity contribution is -0.138. The van der Waals surface area contributed by atoms with Crippen LogP contribution in [0.3, 0.4) is 0 Å². The van der Waals surface area contributed by atoms with Crippen LogP contribution in [0.2, 0.25) is 0 Å². The number of alkyl halides is 3. The lowest BCUT2D eigenvalue weighted by atomic mass is 10.1. The first-order valence-electron chi connectivity index (χ1n) is 7.10. The van der Waals surface area contributed by atoms with Gasteiger partial charge < -0.3 is 4.90 Å². The maximum atomic E-state index is 12.6. The van der Waals surface area contributed by atoms with Crippen LogP contribution < -0.4 is 0 Å². The Morgan fingerprint density at radius 2 is 2.14 bits per heavy atom. The molecule has 1 aromatic heterocycles. The summed E-state index contributed by atoms with van der Waals surface area (Å²) >= 11 is 0. The largest absolute Gasteiger partial charge is 0.417 e. The molecule has 2 rings (SSSR count). The Morgan fingerprint density at radius 3 is 2.57 bits per heavy atom. The van der Waals surface area contributed by atoms with E-state index in [0.717, 1.165) is 37.9 Å². The van der Waals surface area contributed by atoms with E-state index in [9.17, 15) is 18.0 Å². The normalized spacial score (nSPS) is 16.6. The molecule has 1 unspecified atom stereocenters. The van der Waals surface area contributed by atoms with Crippen LogP contribution >= 0.6 is 0 Å². The molecular formula is C15H19F3N2O. The van der Waals surface area contributed by atoms with E-state index in [0.29, 0.717) is 17.2 Å². The maximum Gasteiger partial charge on any atom is 0.417 e. The highest BCUT2D eigenvalue weighted by molar-refractivity contribution is 5.48. The van der Waals surface area contributed by atoms with Crippen LogP contribution in [0.1, 0.15) is 43.0 Å². The molecule has 3 nitrogen and oxygen atoms in total. The molecule has 1 saturated carbocycles. The summed E-state index contributed by atoms with van der Waals surface area (Å²) in [6.07, 6.45) is 0.308. The standard InChI is InChI=1S/C15H19F3N2O/c1-3-14(11-4-5-11)20(9-21)8-13-10(2)6-12(7-19-13)15(16,17)18/h6-7,9,11,14H,3-5,8H2,1-2H3. The van der Waals surface area contributed by atoms with Crippen molar-refractivity contribution in [2.45, 2.75) is 51.9 Å². The highest BCUT2D eigenvalue weighted by atomic mass is 19.4. The minimum atomic E-state index is -4.39. The molecule has 0 aromatic carbocycles.